The smallest absolute Gasteiger partial charge is 0.387 e. The van der Waals surface area contributed by atoms with E-state index in [0.717, 1.165) is 24.2 Å². The van der Waals surface area contributed by atoms with E-state index in [1.54, 1.807) is 12.3 Å². The molecular formula is C27H25F2N7O2. The van der Waals surface area contributed by atoms with Gasteiger partial charge in [0.1, 0.15) is 17.9 Å². The maximum Gasteiger partial charge on any atom is 0.387 e. The van der Waals surface area contributed by atoms with E-state index in [1.807, 2.05) is 6.92 Å². The number of benzene rings is 1. The fourth-order valence-corrected chi connectivity index (χ4v) is 5.99. The Hall–Kier alpha value is -3.99. The molecular weight excluding hydrogens is 492 g/mol. The van der Waals surface area contributed by atoms with E-state index >= 15 is 0 Å². The van der Waals surface area contributed by atoms with Crippen molar-refractivity contribution in [3.05, 3.63) is 70.7 Å². The Bertz CT molecular complexity index is 1740. The average Bonchev–Trinajstić information content (AvgIpc) is 3.39. The first kappa shape index (κ1) is 20.0. The van der Waals surface area contributed by atoms with Crippen molar-refractivity contribution in [2.45, 2.75) is 56.7 Å². The van der Waals surface area contributed by atoms with E-state index in [-0.39, 0.29) is 23.3 Å². The van der Waals surface area contributed by atoms with Crippen LogP contribution in [0.25, 0.3) is 16.8 Å². The number of hydrogen-bond acceptors (Lipinski definition) is 7. The number of rotatable bonds is 4. The number of nitrogens with zero attached hydrogens (tertiary/aromatic N) is 6. The minimum Gasteiger partial charge on any atom is -0.434 e. The van der Waals surface area contributed by atoms with Crippen molar-refractivity contribution in [2.24, 2.45) is 5.73 Å². The fourth-order valence-electron chi connectivity index (χ4n) is 5.99. The lowest BCUT2D eigenvalue weighted by molar-refractivity contribution is -0.0505. The summed E-state index contributed by atoms with van der Waals surface area (Å²) >= 11 is 0. The molecule has 194 valence electrons. The van der Waals surface area contributed by atoms with Crippen molar-refractivity contribution in [1.82, 2.24) is 29.5 Å². The molecule has 1 saturated carbocycles. The molecule has 2 bridgehead atoms. The van der Waals surface area contributed by atoms with Gasteiger partial charge >= 0.3 is 6.61 Å². The standard InChI is InChI=1S/C27H25F2N7O2/c1-13-16(11-31-25(33-13)27(30)7-4-8-27)17-10-18-22-15-9-19(23(22)34-36(18)12-32-17)35(2)24(37)14-5-3-6-20(21(14)15)38-26(28)29/h3,5-6,10-12,15,19,26H,4,7-9,30H2,1-2H3/t15-,19-/m1/s1/i2D3. The molecule has 2 aliphatic carbocycles. The number of carbonyl (C=O) groups is 1. The zero-order chi connectivity index (χ0) is 28.8. The summed E-state index contributed by atoms with van der Waals surface area (Å²) in [4.78, 5) is 28.2. The minimum atomic E-state index is -3.13. The van der Waals surface area contributed by atoms with Crippen molar-refractivity contribution >= 4 is 11.4 Å². The molecule has 9 nitrogen and oxygen atoms in total. The summed E-state index contributed by atoms with van der Waals surface area (Å²) in [5.41, 5.74) is 9.72. The molecule has 7 rings (SSSR count). The van der Waals surface area contributed by atoms with Crippen LogP contribution in [0.1, 0.15) is 80.5 Å². The lowest BCUT2D eigenvalue weighted by Gasteiger charge is -2.36. The molecule has 3 aliphatic rings. The first-order chi connectivity index (χ1) is 19.5. The summed E-state index contributed by atoms with van der Waals surface area (Å²) in [6.07, 6.45) is 6.04. The quantitative estimate of drug-likeness (QED) is 0.431. The van der Waals surface area contributed by atoms with Gasteiger partial charge in [-0.3, -0.25) is 4.79 Å². The normalized spacial score (nSPS) is 22.8. The molecule has 4 heterocycles. The maximum absolute atomic E-state index is 13.6. The molecule has 38 heavy (non-hydrogen) atoms. The van der Waals surface area contributed by atoms with Gasteiger partial charge in [0, 0.05) is 45.5 Å². The highest BCUT2D eigenvalue weighted by Gasteiger charge is 2.46. The van der Waals surface area contributed by atoms with Crippen LogP contribution in [0, 0.1) is 6.92 Å². The number of ether oxygens (including phenoxy) is 1. The summed E-state index contributed by atoms with van der Waals surface area (Å²) in [5.74, 6) is -0.987. The van der Waals surface area contributed by atoms with Gasteiger partial charge in [-0.25, -0.2) is 19.5 Å². The molecule has 0 saturated heterocycles. The fraction of sp³-hybridized carbons (Fsp3) is 0.370. The highest BCUT2D eigenvalue weighted by Crippen LogP contribution is 2.53. The van der Waals surface area contributed by atoms with E-state index in [2.05, 4.69) is 20.1 Å². The van der Waals surface area contributed by atoms with E-state index in [9.17, 15) is 13.6 Å². The Morgan fingerprint density at radius 2 is 2.08 bits per heavy atom. The van der Waals surface area contributed by atoms with Crippen LogP contribution >= 0.6 is 0 Å². The van der Waals surface area contributed by atoms with E-state index < -0.39 is 37.0 Å². The SMILES string of the molecule is [2H]C([2H])([2H])N1C(=O)c2cccc(OC(F)F)c2[C@H]2C[C@@H]1c1nn3cnc(-c4cnc(C5(N)CCC5)nc4C)cc3c12. The zero-order valence-corrected chi connectivity index (χ0v) is 20.4. The van der Waals surface area contributed by atoms with Crippen LogP contribution < -0.4 is 10.5 Å². The molecule has 2 N–H and O–H groups in total. The summed E-state index contributed by atoms with van der Waals surface area (Å²) < 4.78 is 57.7. The third-order valence-corrected chi connectivity index (χ3v) is 8.05. The predicted molar refractivity (Wildman–Crippen MR) is 133 cm³/mol. The summed E-state index contributed by atoms with van der Waals surface area (Å²) in [6.45, 7) is -4.07. The molecule has 11 heteroatoms. The lowest BCUT2D eigenvalue weighted by atomic mass is 9.77. The van der Waals surface area contributed by atoms with Crippen molar-refractivity contribution in [1.29, 1.82) is 0 Å². The Morgan fingerprint density at radius 3 is 2.79 bits per heavy atom. The van der Waals surface area contributed by atoms with Crippen molar-refractivity contribution in [3.63, 3.8) is 0 Å². The number of aromatic nitrogens is 5. The maximum atomic E-state index is 13.6. The van der Waals surface area contributed by atoms with Crippen LogP contribution in [0.5, 0.6) is 5.75 Å². The number of alkyl halides is 2. The topological polar surface area (TPSA) is 112 Å². The lowest BCUT2D eigenvalue weighted by Crippen LogP contribution is -2.45. The molecule has 3 aromatic heterocycles. The Labute approximate surface area is 220 Å². The first-order valence-electron chi connectivity index (χ1n) is 13.9. The zero-order valence-electron chi connectivity index (χ0n) is 23.4. The summed E-state index contributed by atoms with van der Waals surface area (Å²) in [6, 6.07) is 5.11. The number of amides is 1. The number of hydrogen-bond donors (Lipinski definition) is 1. The second-order valence-corrected chi connectivity index (χ2v) is 10.2. The number of halogens is 2. The largest absolute Gasteiger partial charge is 0.434 e. The molecule has 4 aromatic rings. The minimum absolute atomic E-state index is 0.0117. The molecule has 1 fully saturated rings. The van der Waals surface area contributed by atoms with Crippen molar-refractivity contribution in [3.8, 4) is 17.0 Å². The number of nitrogens with two attached hydrogens (primary N) is 1. The Morgan fingerprint density at radius 1 is 1.24 bits per heavy atom. The van der Waals surface area contributed by atoms with Gasteiger partial charge in [0.2, 0.25) is 0 Å². The van der Waals surface area contributed by atoms with E-state index in [1.165, 1.54) is 29.0 Å². The van der Waals surface area contributed by atoms with Crippen LogP contribution in [-0.2, 0) is 5.54 Å². The second-order valence-electron chi connectivity index (χ2n) is 10.2. The van der Waals surface area contributed by atoms with Crippen LogP contribution in [0.2, 0.25) is 0 Å². The van der Waals surface area contributed by atoms with Crippen molar-refractivity contribution in [2.75, 3.05) is 6.98 Å². The van der Waals surface area contributed by atoms with Gasteiger partial charge in [-0.2, -0.15) is 13.9 Å². The van der Waals surface area contributed by atoms with Gasteiger partial charge < -0.3 is 15.4 Å². The Kier molecular flexibility index (Phi) is 4.22. The van der Waals surface area contributed by atoms with Gasteiger partial charge in [-0.1, -0.05) is 6.07 Å². The molecule has 0 spiro atoms. The summed E-state index contributed by atoms with van der Waals surface area (Å²) in [5, 5.41) is 4.64. The highest BCUT2D eigenvalue weighted by molar-refractivity contribution is 5.98. The van der Waals surface area contributed by atoms with Crippen LogP contribution in [-0.4, -0.2) is 49.0 Å². The van der Waals surface area contributed by atoms with E-state index in [0.29, 0.717) is 39.5 Å². The third-order valence-electron chi connectivity index (χ3n) is 8.05. The third kappa shape index (κ3) is 3.20. The first-order valence-corrected chi connectivity index (χ1v) is 12.4. The molecule has 1 aliphatic heterocycles. The van der Waals surface area contributed by atoms with E-state index in [4.69, 9.17) is 14.6 Å². The van der Waals surface area contributed by atoms with Gasteiger partial charge in [-0.05, 0) is 50.8 Å². The molecule has 2 atom stereocenters. The number of fused-ring (bicyclic) bond motifs is 9. The molecule has 1 aromatic carbocycles. The second kappa shape index (κ2) is 8.00. The van der Waals surface area contributed by atoms with Crippen molar-refractivity contribution < 1.29 is 22.4 Å². The molecule has 0 unspecified atom stereocenters. The van der Waals surface area contributed by atoms with Crippen LogP contribution in [0.15, 0.2) is 36.8 Å². The van der Waals surface area contributed by atoms with Crippen LogP contribution in [0.4, 0.5) is 8.78 Å². The molecule has 1 amide bonds. The van der Waals surface area contributed by atoms with Crippen LogP contribution in [0.3, 0.4) is 0 Å². The van der Waals surface area contributed by atoms with Gasteiger partial charge in [0.15, 0.2) is 0 Å². The van der Waals surface area contributed by atoms with Gasteiger partial charge in [-0.15, -0.1) is 0 Å². The monoisotopic (exact) mass is 520 g/mol. The predicted octanol–water partition coefficient (Wildman–Crippen LogP) is 4.10. The summed E-state index contributed by atoms with van der Waals surface area (Å²) in [7, 11) is 0. The highest BCUT2D eigenvalue weighted by atomic mass is 19.3. The van der Waals surface area contributed by atoms with Gasteiger partial charge in [0.25, 0.3) is 5.91 Å². The number of aryl methyl sites for hydroxylation is 1. The average molecular weight is 521 g/mol. The Balaban J connectivity index is 1.42. The molecule has 0 radical (unpaired) electrons. The van der Waals surface area contributed by atoms with Gasteiger partial charge in [0.05, 0.1) is 34.2 Å². The number of carbonyl (C=O) groups excluding carboxylic acids is 1.